The van der Waals surface area contributed by atoms with E-state index in [1.54, 1.807) is 0 Å². The third-order valence-electron chi connectivity index (χ3n) is 2.15. The highest BCUT2D eigenvalue weighted by Crippen LogP contribution is 2.16. The maximum atomic E-state index is 6.00. The Balaban J connectivity index is 0.00000169. The van der Waals surface area contributed by atoms with E-state index in [0.717, 1.165) is 12.8 Å². The summed E-state index contributed by atoms with van der Waals surface area (Å²) in [6.45, 7) is 5.78. The van der Waals surface area contributed by atoms with Crippen molar-refractivity contribution >= 4 is 12.4 Å². The fourth-order valence-corrected chi connectivity index (χ4v) is 1.36. The third-order valence-corrected chi connectivity index (χ3v) is 2.15. The molecule has 1 nitrogen and oxygen atoms in total. The van der Waals surface area contributed by atoms with E-state index < -0.39 is 0 Å². The molecular formula is C12H18ClN. The van der Waals surface area contributed by atoms with Gasteiger partial charge in [0.25, 0.3) is 0 Å². The summed E-state index contributed by atoms with van der Waals surface area (Å²) in [5.74, 6) is 0. The van der Waals surface area contributed by atoms with Crippen LogP contribution in [0.4, 0.5) is 0 Å². The van der Waals surface area contributed by atoms with E-state index in [0.29, 0.717) is 0 Å². The lowest BCUT2D eigenvalue weighted by atomic mass is 10.0. The van der Waals surface area contributed by atoms with Crippen LogP contribution in [-0.4, -0.2) is 0 Å². The number of rotatable bonds is 4. The molecule has 0 aliphatic rings. The summed E-state index contributed by atoms with van der Waals surface area (Å²) in [4.78, 5) is 0. The van der Waals surface area contributed by atoms with Crippen LogP contribution in [0.2, 0.25) is 0 Å². The van der Waals surface area contributed by atoms with Crippen molar-refractivity contribution in [3.05, 3.63) is 48.0 Å². The fraction of sp³-hybridized carbons (Fsp3) is 0.333. The highest BCUT2D eigenvalue weighted by atomic mass is 35.5. The molecule has 0 fully saturated rings. The molecule has 1 atom stereocenters. The van der Waals surface area contributed by atoms with Gasteiger partial charge in [0.2, 0.25) is 0 Å². The molecule has 0 radical (unpaired) electrons. The van der Waals surface area contributed by atoms with Crippen molar-refractivity contribution in [2.75, 3.05) is 0 Å². The molecular weight excluding hydrogens is 194 g/mol. The van der Waals surface area contributed by atoms with Crippen LogP contribution in [-0.2, 0) is 0 Å². The van der Waals surface area contributed by atoms with Crippen molar-refractivity contribution in [1.82, 2.24) is 0 Å². The molecule has 0 saturated carbocycles. The minimum Gasteiger partial charge on any atom is -0.324 e. The second-order valence-electron chi connectivity index (χ2n) is 3.39. The molecule has 0 unspecified atom stereocenters. The van der Waals surface area contributed by atoms with Crippen molar-refractivity contribution in [1.29, 1.82) is 0 Å². The minimum atomic E-state index is 0. The minimum absolute atomic E-state index is 0. The lowest BCUT2D eigenvalue weighted by Crippen LogP contribution is -2.09. The van der Waals surface area contributed by atoms with Crippen LogP contribution < -0.4 is 5.73 Å². The Morgan fingerprint density at radius 2 is 2.21 bits per heavy atom. The second kappa shape index (κ2) is 6.63. The van der Waals surface area contributed by atoms with E-state index in [2.05, 4.69) is 37.8 Å². The Morgan fingerprint density at radius 3 is 2.79 bits per heavy atom. The molecule has 0 aromatic heterocycles. The van der Waals surface area contributed by atoms with Gasteiger partial charge in [-0.05, 0) is 25.3 Å². The normalized spacial score (nSPS) is 11.6. The van der Waals surface area contributed by atoms with Gasteiger partial charge in [-0.1, -0.05) is 35.9 Å². The van der Waals surface area contributed by atoms with Crippen LogP contribution in [0.15, 0.2) is 36.9 Å². The zero-order valence-electron chi connectivity index (χ0n) is 8.57. The van der Waals surface area contributed by atoms with Crippen LogP contribution in [0.5, 0.6) is 0 Å². The molecule has 0 saturated heterocycles. The van der Waals surface area contributed by atoms with Gasteiger partial charge in [0.1, 0.15) is 0 Å². The van der Waals surface area contributed by atoms with Gasteiger partial charge in [-0.25, -0.2) is 0 Å². The molecule has 14 heavy (non-hydrogen) atoms. The summed E-state index contributed by atoms with van der Waals surface area (Å²) in [5.41, 5.74) is 8.50. The topological polar surface area (TPSA) is 26.0 Å². The summed E-state index contributed by atoms with van der Waals surface area (Å²) in [6.07, 6.45) is 3.87. The molecule has 2 N–H and O–H groups in total. The lowest BCUT2D eigenvalue weighted by Gasteiger charge is -2.10. The van der Waals surface area contributed by atoms with E-state index in [4.69, 9.17) is 5.73 Å². The number of hydrogen-bond donors (Lipinski definition) is 1. The van der Waals surface area contributed by atoms with Crippen molar-refractivity contribution in [2.45, 2.75) is 25.8 Å². The molecule has 0 amide bonds. The Hall–Kier alpha value is -0.790. The van der Waals surface area contributed by atoms with Gasteiger partial charge in [-0.15, -0.1) is 19.0 Å². The molecule has 0 spiro atoms. The average molecular weight is 212 g/mol. The van der Waals surface area contributed by atoms with Crippen LogP contribution in [0.3, 0.4) is 0 Å². The summed E-state index contributed by atoms with van der Waals surface area (Å²) < 4.78 is 0. The highest BCUT2D eigenvalue weighted by Gasteiger charge is 2.03. The summed E-state index contributed by atoms with van der Waals surface area (Å²) in [5, 5.41) is 0. The fourth-order valence-electron chi connectivity index (χ4n) is 1.36. The van der Waals surface area contributed by atoms with Crippen molar-refractivity contribution in [3.63, 3.8) is 0 Å². The predicted octanol–water partition coefficient (Wildman–Crippen LogP) is 3.38. The molecule has 78 valence electrons. The van der Waals surface area contributed by atoms with Crippen molar-refractivity contribution in [2.24, 2.45) is 5.73 Å². The molecule has 2 heteroatoms. The largest absolute Gasteiger partial charge is 0.324 e. The van der Waals surface area contributed by atoms with Crippen LogP contribution in [0, 0.1) is 6.92 Å². The van der Waals surface area contributed by atoms with Crippen molar-refractivity contribution < 1.29 is 0 Å². The van der Waals surface area contributed by atoms with Gasteiger partial charge < -0.3 is 5.73 Å². The summed E-state index contributed by atoms with van der Waals surface area (Å²) >= 11 is 0. The van der Waals surface area contributed by atoms with Crippen LogP contribution in [0.25, 0.3) is 0 Å². The smallest absolute Gasteiger partial charge is 0.0297 e. The first-order chi connectivity index (χ1) is 6.24. The van der Waals surface area contributed by atoms with Crippen LogP contribution >= 0.6 is 12.4 Å². The number of hydrogen-bond acceptors (Lipinski definition) is 1. The van der Waals surface area contributed by atoms with E-state index in [1.165, 1.54) is 11.1 Å². The highest BCUT2D eigenvalue weighted by molar-refractivity contribution is 5.85. The first-order valence-electron chi connectivity index (χ1n) is 4.67. The molecule has 1 aromatic carbocycles. The summed E-state index contributed by atoms with van der Waals surface area (Å²) in [7, 11) is 0. The van der Waals surface area contributed by atoms with Crippen LogP contribution in [0.1, 0.15) is 30.0 Å². The molecule has 0 bridgehead atoms. The van der Waals surface area contributed by atoms with Gasteiger partial charge in [0, 0.05) is 6.04 Å². The Labute approximate surface area is 92.4 Å². The Kier molecular flexibility index (Phi) is 6.26. The Bertz CT molecular complexity index is 283. The quantitative estimate of drug-likeness (QED) is 0.760. The first kappa shape index (κ1) is 13.2. The number of allylic oxidation sites excluding steroid dienone is 1. The van der Waals surface area contributed by atoms with E-state index in [-0.39, 0.29) is 18.4 Å². The van der Waals surface area contributed by atoms with Gasteiger partial charge in [0.15, 0.2) is 0 Å². The molecule has 0 aliphatic carbocycles. The van der Waals surface area contributed by atoms with E-state index in [1.807, 2.05) is 6.08 Å². The SMILES string of the molecule is C=CCC[C@H](N)c1cccc(C)c1.Cl. The molecule has 0 heterocycles. The summed E-state index contributed by atoms with van der Waals surface area (Å²) in [6, 6.07) is 8.52. The van der Waals surface area contributed by atoms with E-state index in [9.17, 15) is 0 Å². The maximum absolute atomic E-state index is 6.00. The number of benzene rings is 1. The average Bonchev–Trinajstić information content (AvgIpc) is 2.14. The van der Waals surface area contributed by atoms with Gasteiger partial charge in [-0.3, -0.25) is 0 Å². The van der Waals surface area contributed by atoms with Gasteiger partial charge in [0.05, 0.1) is 0 Å². The first-order valence-corrected chi connectivity index (χ1v) is 4.67. The van der Waals surface area contributed by atoms with Crippen molar-refractivity contribution in [3.8, 4) is 0 Å². The lowest BCUT2D eigenvalue weighted by molar-refractivity contribution is 0.661. The van der Waals surface area contributed by atoms with Gasteiger partial charge in [-0.2, -0.15) is 0 Å². The zero-order valence-corrected chi connectivity index (χ0v) is 9.39. The van der Waals surface area contributed by atoms with E-state index >= 15 is 0 Å². The molecule has 1 rings (SSSR count). The number of halogens is 1. The number of nitrogens with two attached hydrogens (primary N) is 1. The monoisotopic (exact) mass is 211 g/mol. The third kappa shape index (κ3) is 3.95. The van der Waals surface area contributed by atoms with Gasteiger partial charge >= 0.3 is 0 Å². The standard InChI is InChI=1S/C12H17N.ClH/c1-3-4-8-12(13)11-7-5-6-10(2)9-11;/h3,5-7,9,12H,1,4,8,13H2,2H3;1H/t12-;/m0./s1. The number of aryl methyl sites for hydroxylation is 1. The second-order valence-corrected chi connectivity index (χ2v) is 3.39. The maximum Gasteiger partial charge on any atom is 0.0297 e. The predicted molar refractivity (Wildman–Crippen MR) is 64.8 cm³/mol. The molecule has 1 aromatic rings. The molecule has 0 aliphatic heterocycles. The zero-order chi connectivity index (χ0) is 9.68. The Morgan fingerprint density at radius 1 is 1.50 bits per heavy atom.